The number of halogens is 1. The van der Waals surface area contributed by atoms with Crippen molar-refractivity contribution in [2.45, 2.75) is 19.3 Å². The molecule has 1 heterocycles. The number of nitrogens with zero attached hydrogens (tertiary/aromatic N) is 1. The molecule has 98 valence electrons. The Bertz CT molecular complexity index is 515. The second kappa shape index (κ2) is 5.28. The van der Waals surface area contributed by atoms with Crippen LogP contribution >= 0.6 is 7.82 Å². The van der Waals surface area contributed by atoms with Gasteiger partial charge in [0.15, 0.2) is 0 Å². The van der Waals surface area contributed by atoms with Gasteiger partial charge in [-0.1, -0.05) is 0 Å². The summed E-state index contributed by atoms with van der Waals surface area (Å²) in [6, 6.07) is 0. The fourth-order valence-corrected chi connectivity index (χ4v) is 2.22. The van der Waals surface area contributed by atoms with Crippen LogP contribution in [0.15, 0.2) is 40.3 Å². The molecule has 0 aromatic heterocycles. The van der Waals surface area contributed by atoms with Crippen LogP contribution in [-0.2, 0) is 9.09 Å². The quantitative estimate of drug-likeness (QED) is 0.595. The molecular weight excluding hydrogens is 260 g/mol. The predicted octanol–water partition coefficient (Wildman–Crippen LogP) is 2.40. The van der Waals surface area contributed by atoms with Crippen molar-refractivity contribution in [3.8, 4) is 0 Å². The number of allylic oxidation sites excluding steroid dienone is 5. The molecule has 2 N–H and O–H groups in total. The molecule has 0 aromatic carbocycles. The maximum absolute atomic E-state index is 13.1. The van der Waals surface area contributed by atoms with Crippen LogP contribution in [0.3, 0.4) is 0 Å². The third kappa shape index (κ3) is 3.46. The highest BCUT2D eigenvalue weighted by Crippen LogP contribution is 2.36. The number of hydrogen-bond acceptors (Lipinski definition) is 3. The average Bonchev–Trinajstić information content (AvgIpc) is 2.66. The van der Waals surface area contributed by atoms with E-state index >= 15 is 0 Å². The lowest BCUT2D eigenvalue weighted by molar-refractivity contribution is 0.195. The van der Waals surface area contributed by atoms with Crippen LogP contribution < -0.4 is 0 Å². The summed E-state index contributed by atoms with van der Waals surface area (Å²) in [5.41, 5.74) is 2.50. The number of aliphatic imine (C=N–C) groups is 1. The highest BCUT2D eigenvalue weighted by molar-refractivity contribution is 7.46. The fourth-order valence-electron chi connectivity index (χ4n) is 1.86. The number of phosphoric acid groups is 1. The SMILES string of the molecule is O=P(O)(O)OCCCC1=CN=C2CC=C(F)C=C12. The van der Waals surface area contributed by atoms with Crippen LogP contribution in [0, 0.1) is 0 Å². The lowest BCUT2D eigenvalue weighted by Gasteiger charge is -2.11. The highest BCUT2D eigenvalue weighted by atomic mass is 31.2. The van der Waals surface area contributed by atoms with Crippen molar-refractivity contribution in [3.63, 3.8) is 0 Å². The molecule has 0 radical (unpaired) electrons. The van der Waals surface area contributed by atoms with Gasteiger partial charge in [0.05, 0.1) is 12.3 Å². The van der Waals surface area contributed by atoms with Gasteiger partial charge in [0, 0.05) is 18.2 Å². The zero-order valence-electron chi connectivity index (χ0n) is 9.54. The summed E-state index contributed by atoms with van der Waals surface area (Å²) in [4.78, 5) is 21.2. The van der Waals surface area contributed by atoms with Crippen LogP contribution in [0.5, 0.6) is 0 Å². The van der Waals surface area contributed by atoms with Gasteiger partial charge in [-0.2, -0.15) is 0 Å². The molecule has 0 saturated heterocycles. The molecule has 0 amide bonds. The molecule has 0 spiro atoms. The van der Waals surface area contributed by atoms with E-state index in [-0.39, 0.29) is 12.4 Å². The molecule has 2 aliphatic rings. The number of rotatable bonds is 5. The van der Waals surface area contributed by atoms with Gasteiger partial charge in [-0.25, -0.2) is 8.96 Å². The Balaban J connectivity index is 1.85. The lowest BCUT2D eigenvalue weighted by atomic mass is 9.95. The van der Waals surface area contributed by atoms with Gasteiger partial charge in [-0.05, 0) is 30.6 Å². The molecule has 1 aliphatic carbocycles. The minimum absolute atomic E-state index is 0.0391. The van der Waals surface area contributed by atoms with Gasteiger partial charge in [-0.3, -0.25) is 9.52 Å². The van der Waals surface area contributed by atoms with E-state index in [2.05, 4.69) is 9.52 Å². The Morgan fingerprint density at radius 3 is 3.00 bits per heavy atom. The van der Waals surface area contributed by atoms with Crippen molar-refractivity contribution in [3.05, 3.63) is 35.3 Å². The van der Waals surface area contributed by atoms with Crippen LogP contribution in [0.4, 0.5) is 4.39 Å². The Morgan fingerprint density at radius 1 is 1.50 bits per heavy atom. The first-order valence-corrected chi connectivity index (χ1v) is 7.02. The van der Waals surface area contributed by atoms with Gasteiger partial charge in [0.1, 0.15) is 5.83 Å². The molecule has 7 heteroatoms. The van der Waals surface area contributed by atoms with Gasteiger partial charge in [0.25, 0.3) is 0 Å². The molecule has 1 aliphatic heterocycles. The lowest BCUT2D eigenvalue weighted by Crippen LogP contribution is -2.04. The topological polar surface area (TPSA) is 79.1 Å². The second-order valence-corrected chi connectivity index (χ2v) is 5.25. The van der Waals surface area contributed by atoms with Gasteiger partial charge >= 0.3 is 7.82 Å². The summed E-state index contributed by atoms with van der Waals surface area (Å²) >= 11 is 0. The third-order valence-corrected chi connectivity index (χ3v) is 3.17. The molecule has 5 nitrogen and oxygen atoms in total. The molecule has 2 rings (SSSR count). The summed E-state index contributed by atoms with van der Waals surface area (Å²) in [6.07, 6.45) is 6.05. The summed E-state index contributed by atoms with van der Waals surface area (Å²) in [5.74, 6) is -0.275. The smallest absolute Gasteiger partial charge is 0.303 e. The Kier molecular flexibility index (Phi) is 3.92. The molecule has 0 unspecified atom stereocenters. The van der Waals surface area contributed by atoms with E-state index in [1.165, 1.54) is 12.2 Å². The average molecular weight is 273 g/mol. The van der Waals surface area contributed by atoms with E-state index < -0.39 is 7.82 Å². The van der Waals surface area contributed by atoms with Crippen molar-refractivity contribution in [2.75, 3.05) is 6.61 Å². The standard InChI is InChI=1S/C11H13FNO4P/c12-9-3-4-11-10(6-9)8(7-13-11)2-1-5-17-18(14,15)16/h3,6-7H,1-2,4-5H2,(H2,14,15,16). The maximum Gasteiger partial charge on any atom is 0.469 e. The Morgan fingerprint density at radius 2 is 2.28 bits per heavy atom. The summed E-state index contributed by atoms with van der Waals surface area (Å²) in [7, 11) is -4.40. The normalized spacial score (nSPS) is 18.8. The van der Waals surface area contributed by atoms with Gasteiger partial charge in [0.2, 0.25) is 0 Å². The molecule has 0 fully saturated rings. The van der Waals surface area contributed by atoms with Crippen LogP contribution in [0.2, 0.25) is 0 Å². The highest BCUT2D eigenvalue weighted by Gasteiger charge is 2.20. The summed E-state index contributed by atoms with van der Waals surface area (Å²) in [5, 5.41) is 0. The van der Waals surface area contributed by atoms with E-state index in [0.29, 0.717) is 19.3 Å². The molecule has 0 atom stereocenters. The molecule has 0 saturated carbocycles. The number of fused-ring (bicyclic) bond motifs is 1. The van der Waals surface area contributed by atoms with Crippen LogP contribution in [-0.4, -0.2) is 22.1 Å². The Hall–Kier alpha value is -1.07. The van der Waals surface area contributed by atoms with Crippen molar-refractivity contribution >= 4 is 13.5 Å². The first-order chi connectivity index (χ1) is 8.46. The van der Waals surface area contributed by atoms with E-state index in [1.54, 1.807) is 6.20 Å². The molecular formula is C11H13FNO4P. The molecule has 18 heavy (non-hydrogen) atoms. The van der Waals surface area contributed by atoms with Gasteiger partial charge < -0.3 is 9.79 Å². The number of hydrogen-bond donors (Lipinski definition) is 2. The largest absolute Gasteiger partial charge is 0.469 e. The van der Waals surface area contributed by atoms with Crippen LogP contribution in [0.1, 0.15) is 19.3 Å². The second-order valence-electron chi connectivity index (χ2n) is 4.01. The molecule has 0 aromatic rings. The molecule has 0 bridgehead atoms. The zero-order valence-corrected chi connectivity index (χ0v) is 10.4. The minimum atomic E-state index is -4.40. The van der Waals surface area contributed by atoms with E-state index in [0.717, 1.165) is 16.9 Å². The zero-order chi connectivity index (χ0) is 13.2. The van der Waals surface area contributed by atoms with Crippen molar-refractivity contribution < 1.29 is 23.3 Å². The minimum Gasteiger partial charge on any atom is -0.303 e. The van der Waals surface area contributed by atoms with Crippen LogP contribution in [0.25, 0.3) is 0 Å². The van der Waals surface area contributed by atoms with E-state index in [4.69, 9.17) is 9.79 Å². The van der Waals surface area contributed by atoms with Gasteiger partial charge in [-0.15, -0.1) is 0 Å². The predicted molar refractivity (Wildman–Crippen MR) is 64.6 cm³/mol. The van der Waals surface area contributed by atoms with Crippen molar-refractivity contribution in [2.24, 2.45) is 4.99 Å². The summed E-state index contributed by atoms with van der Waals surface area (Å²) < 4.78 is 27.9. The first-order valence-electron chi connectivity index (χ1n) is 5.49. The maximum atomic E-state index is 13.1. The van der Waals surface area contributed by atoms with Crippen molar-refractivity contribution in [1.29, 1.82) is 0 Å². The first kappa shape index (κ1) is 13.4. The fraction of sp³-hybridized carbons (Fsp3) is 0.364. The van der Waals surface area contributed by atoms with E-state index in [9.17, 15) is 8.96 Å². The third-order valence-electron chi connectivity index (χ3n) is 2.66. The summed E-state index contributed by atoms with van der Waals surface area (Å²) in [6.45, 7) is -0.0391. The monoisotopic (exact) mass is 273 g/mol. The van der Waals surface area contributed by atoms with E-state index in [1.807, 2.05) is 0 Å². The Labute approximate surface area is 104 Å². The number of phosphoric ester groups is 1. The van der Waals surface area contributed by atoms with Crippen molar-refractivity contribution in [1.82, 2.24) is 0 Å².